The number of rotatable bonds is 4. The molecule has 1 aromatic heterocycles. The first-order valence-corrected chi connectivity index (χ1v) is 7.49. The Morgan fingerprint density at radius 1 is 1.29 bits per heavy atom. The van der Waals surface area contributed by atoms with Crippen molar-refractivity contribution in [2.45, 2.75) is 32.1 Å². The first-order chi connectivity index (χ1) is 11.4. The second-order valence-corrected chi connectivity index (χ2v) is 5.99. The highest BCUT2D eigenvalue weighted by molar-refractivity contribution is 5.88. The minimum absolute atomic E-state index is 0.293. The molecule has 0 spiro atoms. The first kappa shape index (κ1) is 16.1. The molecular formula is C16H19N3O5. The van der Waals surface area contributed by atoms with Crippen LogP contribution in [0.15, 0.2) is 24.4 Å². The van der Waals surface area contributed by atoms with Crippen molar-refractivity contribution in [2.75, 3.05) is 12.6 Å². The number of aromatic nitrogens is 1. The van der Waals surface area contributed by atoms with Crippen molar-refractivity contribution < 1.29 is 23.9 Å². The van der Waals surface area contributed by atoms with E-state index in [9.17, 15) is 9.59 Å². The van der Waals surface area contributed by atoms with E-state index in [0.29, 0.717) is 6.42 Å². The molecule has 0 aliphatic carbocycles. The molecule has 1 aliphatic rings. The van der Waals surface area contributed by atoms with Crippen molar-refractivity contribution >= 4 is 28.7 Å². The number of H-pyrrole nitrogens is 1. The molecule has 0 radical (unpaired) electrons. The molecule has 1 aromatic carbocycles. The molecule has 8 nitrogen and oxygen atoms in total. The number of fused-ring (bicyclic) bond motifs is 1. The number of cyclic esters (lactones) is 2. The summed E-state index contributed by atoms with van der Waals surface area (Å²) in [5.41, 5.74) is 5.33. The lowest BCUT2D eigenvalue weighted by molar-refractivity contribution is -0.189. The highest BCUT2D eigenvalue weighted by Crippen LogP contribution is 2.24. The zero-order valence-corrected chi connectivity index (χ0v) is 13.6. The van der Waals surface area contributed by atoms with E-state index in [1.807, 2.05) is 18.2 Å². The SMILES string of the molecule is CONc1ccc2c(CC3NC(=O)OC(C)(C)OC3=O)c[nH]c2c1. The molecule has 3 N–H and O–H groups in total. The van der Waals surface area contributed by atoms with Gasteiger partial charge in [0.2, 0.25) is 0 Å². The van der Waals surface area contributed by atoms with E-state index in [0.717, 1.165) is 22.2 Å². The third-order valence-corrected chi connectivity index (χ3v) is 3.67. The number of carbonyl (C=O) groups excluding carboxylic acids is 2. The topological polar surface area (TPSA) is 102 Å². The molecule has 1 amide bonds. The van der Waals surface area contributed by atoms with E-state index in [1.54, 1.807) is 6.20 Å². The Balaban J connectivity index is 1.83. The molecule has 8 heteroatoms. The smallest absolute Gasteiger partial charge is 0.411 e. The number of anilines is 1. The summed E-state index contributed by atoms with van der Waals surface area (Å²) in [6, 6.07) is 4.85. The van der Waals surface area contributed by atoms with Gasteiger partial charge in [0.25, 0.3) is 5.79 Å². The van der Waals surface area contributed by atoms with Gasteiger partial charge in [-0.15, -0.1) is 0 Å². The van der Waals surface area contributed by atoms with Gasteiger partial charge in [-0.05, 0) is 17.7 Å². The van der Waals surface area contributed by atoms with Crippen LogP contribution in [0.25, 0.3) is 10.9 Å². The monoisotopic (exact) mass is 333 g/mol. The largest absolute Gasteiger partial charge is 0.421 e. The number of carbonyl (C=O) groups is 2. The number of esters is 1. The Hall–Kier alpha value is -2.74. The van der Waals surface area contributed by atoms with Crippen LogP contribution in [0.2, 0.25) is 0 Å². The molecule has 1 saturated heterocycles. The van der Waals surface area contributed by atoms with E-state index in [4.69, 9.17) is 14.3 Å². The van der Waals surface area contributed by atoms with Crippen LogP contribution >= 0.6 is 0 Å². The number of aromatic amines is 1. The number of hydrogen-bond acceptors (Lipinski definition) is 6. The maximum atomic E-state index is 12.2. The lowest BCUT2D eigenvalue weighted by Crippen LogP contribution is -2.40. The Labute approximate surface area is 138 Å². The van der Waals surface area contributed by atoms with Gasteiger partial charge in [-0.25, -0.2) is 9.59 Å². The molecule has 2 aromatic rings. The van der Waals surface area contributed by atoms with E-state index < -0.39 is 23.9 Å². The number of hydrogen-bond donors (Lipinski definition) is 3. The Bertz CT molecular complexity index is 783. The molecule has 1 fully saturated rings. The fraction of sp³-hybridized carbons (Fsp3) is 0.375. The van der Waals surface area contributed by atoms with Crippen molar-refractivity contribution in [2.24, 2.45) is 0 Å². The molecule has 1 unspecified atom stereocenters. The fourth-order valence-corrected chi connectivity index (χ4v) is 2.68. The van der Waals surface area contributed by atoms with Crippen LogP contribution in [0.5, 0.6) is 0 Å². The normalized spacial score (nSPS) is 20.0. The highest BCUT2D eigenvalue weighted by atomic mass is 16.7. The lowest BCUT2D eigenvalue weighted by atomic mass is 10.0. The Morgan fingerprint density at radius 2 is 2.08 bits per heavy atom. The second-order valence-electron chi connectivity index (χ2n) is 5.99. The quantitative estimate of drug-likeness (QED) is 0.585. The average Bonchev–Trinajstić information content (AvgIpc) is 2.83. The van der Waals surface area contributed by atoms with Gasteiger partial charge < -0.3 is 19.8 Å². The van der Waals surface area contributed by atoms with Crippen molar-refractivity contribution in [3.05, 3.63) is 30.0 Å². The number of nitrogens with one attached hydrogen (secondary N) is 3. The van der Waals surface area contributed by atoms with Gasteiger partial charge in [-0.2, -0.15) is 0 Å². The fourth-order valence-electron chi connectivity index (χ4n) is 2.68. The maximum absolute atomic E-state index is 12.2. The maximum Gasteiger partial charge on any atom is 0.411 e. The molecule has 0 bridgehead atoms. The molecule has 0 saturated carbocycles. The number of alkyl carbamates (subject to hydrolysis) is 1. The Morgan fingerprint density at radius 3 is 2.83 bits per heavy atom. The lowest BCUT2D eigenvalue weighted by Gasteiger charge is -2.21. The molecule has 2 heterocycles. The van der Waals surface area contributed by atoms with E-state index in [2.05, 4.69) is 15.8 Å². The number of benzene rings is 1. The standard InChI is InChI=1S/C16H19N3O5/c1-16(2)23-14(20)13(18-15(21)24-16)6-9-8-17-12-7-10(19-22-3)4-5-11(9)12/h4-5,7-8,13,17,19H,6H2,1-3H3,(H,18,21). The summed E-state index contributed by atoms with van der Waals surface area (Å²) in [6.07, 6.45) is 1.42. The first-order valence-electron chi connectivity index (χ1n) is 7.49. The minimum atomic E-state index is -1.28. The van der Waals surface area contributed by atoms with Crippen molar-refractivity contribution in [3.63, 3.8) is 0 Å². The second kappa shape index (κ2) is 6.04. The third-order valence-electron chi connectivity index (χ3n) is 3.67. The summed E-state index contributed by atoms with van der Waals surface area (Å²) < 4.78 is 10.2. The summed E-state index contributed by atoms with van der Waals surface area (Å²) in [5, 5.41) is 3.48. The average molecular weight is 333 g/mol. The van der Waals surface area contributed by atoms with Crippen molar-refractivity contribution in [1.82, 2.24) is 10.3 Å². The van der Waals surface area contributed by atoms with Crippen LogP contribution < -0.4 is 10.8 Å². The Kier molecular flexibility index (Phi) is 4.06. The van der Waals surface area contributed by atoms with Crippen LogP contribution in [0, 0.1) is 0 Å². The minimum Gasteiger partial charge on any atom is -0.421 e. The molecule has 24 heavy (non-hydrogen) atoms. The van der Waals surface area contributed by atoms with E-state index in [1.165, 1.54) is 21.0 Å². The van der Waals surface area contributed by atoms with Crippen LogP contribution in [0.3, 0.4) is 0 Å². The van der Waals surface area contributed by atoms with Gasteiger partial charge in [-0.1, -0.05) is 6.07 Å². The molecule has 3 rings (SSSR count). The van der Waals surface area contributed by atoms with Crippen molar-refractivity contribution in [1.29, 1.82) is 0 Å². The van der Waals surface area contributed by atoms with Crippen LogP contribution in [-0.2, 0) is 25.5 Å². The predicted molar refractivity (Wildman–Crippen MR) is 86.2 cm³/mol. The zero-order chi connectivity index (χ0) is 17.3. The molecular weight excluding hydrogens is 314 g/mol. The summed E-state index contributed by atoms with van der Waals surface area (Å²) >= 11 is 0. The van der Waals surface area contributed by atoms with Crippen molar-refractivity contribution in [3.8, 4) is 0 Å². The predicted octanol–water partition coefficient (Wildman–Crippen LogP) is 2.07. The zero-order valence-electron chi connectivity index (χ0n) is 13.6. The molecule has 1 atom stereocenters. The van der Waals surface area contributed by atoms with E-state index >= 15 is 0 Å². The summed E-state index contributed by atoms with van der Waals surface area (Å²) in [7, 11) is 1.54. The van der Waals surface area contributed by atoms with Gasteiger partial charge in [0.15, 0.2) is 0 Å². The summed E-state index contributed by atoms with van der Waals surface area (Å²) in [4.78, 5) is 32.0. The van der Waals surface area contributed by atoms with Crippen LogP contribution in [-0.4, -0.2) is 36.0 Å². The van der Waals surface area contributed by atoms with Gasteiger partial charge in [0.05, 0.1) is 12.8 Å². The third kappa shape index (κ3) is 3.28. The highest BCUT2D eigenvalue weighted by Gasteiger charge is 2.37. The van der Waals surface area contributed by atoms with Gasteiger partial charge in [0, 0.05) is 37.4 Å². The van der Waals surface area contributed by atoms with Gasteiger partial charge in [0.1, 0.15) is 6.04 Å². The number of ether oxygens (including phenoxy) is 2. The van der Waals surface area contributed by atoms with Gasteiger partial charge in [-0.3, -0.25) is 10.3 Å². The van der Waals surface area contributed by atoms with Crippen LogP contribution in [0.1, 0.15) is 19.4 Å². The number of amides is 1. The summed E-state index contributed by atoms with van der Waals surface area (Å²) in [6.45, 7) is 3.03. The van der Waals surface area contributed by atoms with E-state index in [-0.39, 0.29) is 0 Å². The van der Waals surface area contributed by atoms with Gasteiger partial charge >= 0.3 is 12.1 Å². The molecule has 1 aliphatic heterocycles. The van der Waals surface area contributed by atoms with Crippen LogP contribution in [0.4, 0.5) is 10.5 Å². The summed E-state index contributed by atoms with van der Waals surface area (Å²) in [5.74, 6) is -1.81. The molecule has 128 valence electrons.